The van der Waals surface area contributed by atoms with E-state index in [2.05, 4.69) is 20.7 Å². The Hall–Kier alpha value is -1.32. The van der Waals surface area contributed by atoms with Gasteiger partial charge in [0.2, 0.25) is 0 Å². The minimum Gasteiger partial charge on any atom is -0.487 e. The molecule has 2 rings (SSSR count). The molecule has 2 nitrogen and oxygen atoms in total. The lowest BCUT2D eigenvalue weighted by Crippen LogP contribution is -2.54. The molecule has 0 saturated heterocycles. The summed E-state index contributed by atoms with van der Waals surface area (Å²) in [5, 5.41) is 0. The van der Waals surface area contributed by atoms with E-state index in [1.54, 1.807) is 0 Å². The number of hydrogen-bond acceptors (Lipinski definition) is 2. The van der Waals surface area contributed by atoms with Crippen LogP contribution in [0.15, 0.2) is 18.2 Å². The summed E-state index contributed by atoms with van der Waals surface area (Å²) in [4.78, 5) is 11.1. The van der Waals surface area contributed by atoms with Crippen LogP contribution in [0.1, 0.15) is 15.9 Å². The van der Waals surface area contributed by atoms with Gasteiger partial charge in [0.15, 0.2) is 12.4 Å². The van der Waals surface area contributed by atoms with Gasteiger partial charge in [-0.1, -0.05) is 15.9 Å². The van der Waals surface area contributed by atoms with E-state index >= 15 is 0 Å². The number of rotatable bonds is 4. The molecular formula is C13H8BrF7O2. The number of ether oxygens (including phenoxy) is 1. The van der Waals surface area contributed by atoms with Crippen molar-refractivity contribution in [2.75, 3.05) is 6.61 Å². The first-order valence-electron chi connectivity index (χ1n) is 6.13. The highest BCUT2D eigenvalue weighted by molar-refractivity contribution is 9.10. The van der Waals surface area contributed by atoms with Crippen LogP contribution in [0.25, 0.3) is 0 Å². The highest BCUT2D eigenvalue weighted by atomic mass is 79.9. The highest BCUT2D eigenvalue weighted by Crippen LogP contribution is 2.46. The minimum atomic E-state index is -6.40. The summed E-state index contributed by atoms with van der Waals surface area (Å²) in [6.07, 6.45) is -6.16. The Bertz CT molecular complexity index is 627. The van der Waals surface area contributed by atoms with E-state index in [1.165, 1.54) is 6.07 Å². The SMILES string of the molecule is O=C1c2ccc(OCC(F)(F)C(F)(F)C(F)(F)F)cc2CC1Br. The molecule has 0 saturated carbocycles. The van der Waals surface area contributed by atoms with Crippen molar-refractivity contribution in [1.82, 2.24) is 0 Å². The van der Waals surface area contributed by atoms with Crippen LogP contribution in [-0.4, -0.2) is 35.2 Å². The predicted molar refractivity (Wildman–Crippen MR) is 68.6 cm³/mol. The van der Waals surface area contributed by atoms with Gasteiger partial charge in [-0.05, 0) is 30.2 Å². The number of Topliss-reactive ketones (excluding diaryl/α,β-unsaturated/α-hetero) is 1. The quantitative estimate of drug-likeness (QED) is 0.545. The van der Waals surface area contributed by atoms with Crippen LogP contribution in [0.3, 0.4) is 0 Å². The molecule has 1 aliphatic carbocycles. The van der Waals surface area contributed by atoms with Crippen molar-refractivity contribution in [1.29, 1.82) is 0 Å². The normalized spacial score (nSPS) is 19.0. The molecule has 1 atom stereocenters. The summed E-state index contributed by atoms with van der Waals surface area (Å²) in [5.74, 6) is -12.2. The van der Waals surface area contributed by atoms with Crippen LogP contribution in [0.5, 0.6) is 5.75 Å². The molecule has 0 fully saturated rings. The van der Waals surface area contributed by atoms with Crippen LogP contribution in [0.4, 0.5) is 30.7 Å². The smallest absolute Gasteiger partial charge is 0.460 e. The fraction of sp³-hybridized carbons (Fsp3) is 0.462. The maximum atomic E-state index is 13.1. The first-order chi connectivity index (χ1) is 10.4. The monoisotopic (exact) mass is 408 g/mol. The van der Waals surface area contributed by atoms with Crippen LogP contribution < -0.4 is 4.74 Å². The third-order valence-electron chi connectivity index (χ3n) is 3.26. The lowest BCUT2D eigenvalue weighted by molar-refractivity contribution is -0.358. The third kappa shape index (κ3) is 3.17. The maximum absolute atomic E-state index is 13.1. The number of halogens is 8. The second-order valence-corrected chi connectivity index (χ2v) is 6.03. The molecule has 1 aromatic carbocycles. The second kappa shape index (κ2) is 5.64. The van der Waals surface area contributed by atoms with E-state index in [0.717, 1.165) is 12.1 Å². The van der Waals surface area contributed by atoms with E-state index in [0.29, 0.717) is 11.1 Å². The highest BCUT2D eigenvalue weighted by Gasteiger charge is 2.73. The molecule has 23 heavy (non-hydrogen) atoms. The lowest BCUT2D eigenvalue weighted by atomic mass is 10.1. The second-order valence-electron chi connectivity index (χ2n) is 4.92. The third-order valence-corrected chi connectivity index (χ3v) is 4.00. The van der Waals surface area contributed by atoms with Gasteiger partial charge in [0.25, 0.3) is 0 Å². The summed E-state index contributed by atoms with van der Waals surface area (Å²) in [6.45, 7) is -2.15. The van der Waals surface area contributed by atoms with E-state index in [4.69, 9.17) is 0 Å². The molecule has 1 aliphatic rings. The lowest BCUT2D eigenvalue weighted by Gasteiger charge is -2.28. The van der Waals surface area contributed by atoms with Gasteiger partial charge in [-0.3, -0.25) is 4.79 Å². The molecule has 1 aromatic rings. The minimum absolute atomic E-state index is 0.236. The fourth-order valence-corrected chi connectivity index (χ4v) is 2.59. The zero-order valence-electron chi connectivity index (χ0n) is 11.1. The summed E-state index contributed by atoms with van der Waals surface area (Å²) < 4.78 is 92.1. The first-order valence-corrected chi connectivity index (χ1v) is 7.05. The van der Waals surface area contributed by atoms with Crippen molar-refractivity contribution in [3.8, 4) is 5.75 Å². The molecule has 0 N–H and O–H groups in total. The average molecular weight is 409 g/mol. The largest absolute Gasteiger partial charge is 0.487 e. The van der Waals surface area contributed by atoms with E-state index < -0.39 is 29.5 Å². The number of fused-ring (bicyclic) bond motifs is 1. The zero-order valence-corrected chi connectivity index (χ0v) is 12.6. The van der Waals surface area contributed by atoms with Gasteiger partial charge in [-0.25, -0.2) is 0 Å². The van der Waals surface area contributed by atoms with Crippen LogP contribution in [-0.2, 0) is 6.42 Å². The Balaban J connectivity index is 2.13. The van der Waals surface area contributed by atoms with Gasteiger partial charge >= 0.3 is 18.0 Å². The number of carbonyl (C=O) groups is 1. The van der Waals surface area contributed by atoms with Crippen molar-refractivity contribution in [3.05, 3.63) is 29.3 Å². The molecule has 10 heteroatoms. The average Bonchev–Trinajstić information content (AvgIpc) is 2.70. The molecular weight excluding hydrogens is 401 g/mol. The Morgan fingerprint density at radius 1 is 1.13 bits per heavy atom. The molecule has 128 valence electrons. The molecule has 0 heterocycles. The van der Waals surface area contributed by atoms with Gasteiger partial charge < -0.3 is 4.74 Å². The summed E-state index contributed by atoms with van der Waals surface area (Å²) in [7, 11) is 0. The summed E-state index contributed by atoms with van der Waals surface area (Å²) in [5.41, 5.74) is 0.742. The fourth-order valence-electron chi connectivity index (χ4n) is 2.00. The van der Waals surface area contributed by atoms with E-state index in [9.17, 15) is 35.5 Å². The van der Waals surface area contributed by atoms with Crippen molar-refractivity contribution in [2.45, 2.75) is 29.3 Å². The molecule has 0 radical (unpaired) electrons. The van der Waals surface area contributed by atoms with Gasteiger partial charge in [0, 0.05) is 5.56 Å². The Labute approximate surface area is 133 Å². The predicted octanol–water partition coefficient (Wildman–Crippen LogP) is 4.40. The molecule has 0 bridgehead atoms. The number of ketones is 1. The molecule has 0 spiro atoms. The number of carbonyl (C=O) groups excluding carboxylic acids is 1. The topological polar surface area (TPSA) is 26.3 Å². The van der Waals surface area contributed by atoms with Gasteiger partial charge in [0.1, 0.15) is 5.75 Å². The van der Waals surface area contributed by atoms with Crippen molar-refractivity contribution in [3.63, 3.8) is 0 Å². The van der Waals surface area contributed by atoms with Crippen molar-refractivity contribution >= 4 is 21.7 Å². The Morgan fingerprint density at radius 2 is 1.74 bits per heavy atom. The first kappa shape index (κ1) is 18.0. The van der Waals surface area contributed by atoms with Gasteiger partial charge in [0.05, 0.1) is 4.83 Å². The Kier molecular flexibility index (Phi) is 4.42. The van der Waals surface area contributed by atoms with Crippen LogP contribution in [0, 0.1) is 0 Å². The Morgan fingerprint density at radius 3 is 2.30 bits per heavy atom. The number of hydrogen-bond donors (Lipinski definition) is 0. The van der Waals surface area contributed by atoms with E-state index in [1.807, 2.05) is 0 Å². The molecule has 0 aromatic heterocycles. The van der Waals surface area contributed by atoms with Crippen LogP contribution in [0.2, 0.25) is 0 Å². The number of benzene rings is 1. The molecule has 0 aliphatic heterocycles. The molecule has 1 unspecified atom stereocenters. The van der Waals surface area contributed by atoms with Gasteiger partial charge in [-0.15, -0.1) is 0 Å². The van der Waals surface area contributed by atoms with Crippen LogP contribution >= 0.6 is 15.9 Å². The molecule has 0 amide bonds. The van der Waals surface area contributed by atoms with Crippen molar-refractivity contribution < 1.29 is 40.3 Å². The zero-order chi connectivity index (χ0) is 17.6. The van der Waals surface area contributed by atoms with Crippen molar-refractivity contribution in [2.24, 2.45) is 0 Å². The number of alkyl halides is 8. The van der Waals surface area contributed by atoms with E-state index in [-0.39, 0.29) is 18.0 Å². The maximum Gasteiger partial charge on any atom is 0.460 e. The van der Waals surface area contributed by atoms with Gasteiger partial charge in [-0.2, -0.15) is 30.7 Å². The summed E-state index contributed by atoms with van der Waals surface area (Å²) >= 11 is 3.09. The standard InChI is InChI=1S/C13H8BrF7O2/c14-9-4-6-3-7(1-2-8(6)10(9)22)23-5-11(15,16)12(17,18)13(19,20)21/h1-3,9H,4-5H2. The summed E-state index contributed by atoms with van der Waals surface area (Å²) in [6, 6.07) is 3.47.